The van der Waals surface area contributed by atoms with Gasteiger partial charge < -0.3 is 10.2 Å². The highest BCUT2D eigenvalue weighted by molar-refractivity contribution is 5.78. The number of carbonyl (C=O) groups is 1. The lowest BCUT2D eigenvalue weighted by atomic mass is 10.0. The van der Waals surface area contributed by atoms with Crippen molar-refractivity contribution in [1.29, 1.82) is 0 Å². The Hall–Kier alpha value is -1.35. The molecule has 20 heavy (non-hydrogen) atoms. The first kappa shape index (κ1) is 13.6. The summed E-state index contributed by atoms with van der Waals surface area (Å²) in [5, 5.41) is 3.75. The summed E-state index contributed by atoms with van der Waals surface area (Å²) in [7, 11) is 0. The van der Waals surface area contributed by atoms with Gasteiger partial charge in [-0.2, -0.15) is 0 Å². The van der Waals surface area contributed by atoms with Crippen LogP contribution in [0, 0.1) is 5.92 Å². The third kappa shape index (κ3) is 3.21. The summed E-state index contributed by atoms with van der Waals surface area (Å²) in [5.74, 6) is 1.09. The molecule has 3 nitrogen and oxygen atoms in total. The summed E-state index contributed by atoms with van der Waals surface area (Å²) in [6, 6.07) is 11.5. The van der Waals surface area contributed by atoms with Gasteiger partial charge in [-0.3, -0.25) is 4.79 Å². The van der Waals surface area contributed by atoms with Crippen LogP contribution in [0.25, 0.3) is 0 Å². The Bertz CT molecular complexity index is 455. The lowest BCUT2D eigenvalue weighted by Crippen LogP contribution is -2.41. The van der Waals surface area contributed by atoms with Crippen LogP contribution in [0.5, 0.6) is 0 Å². The number of carbonyl (C=O) groups excluding carboxylic acids is 1. The van der Waals surface area contributed by atoms with Gasteiger partial charge in [-0.1, -0.05) is 30.3 Å². The average Bonchev–Trinajstić information content (AvgIpc) is 3.22. The zero-order chi connectivity index (χ0) is 13.9. The molecule has 0 spiro atoms. The van der Waals surface area contributed by atoms with Crippen molar-refractivity contribution in [3.05, 3.63) is 35.9 Å². The molecule has 1 aliphatic carbocycles. The summed E-state index contributed by atoms with van der Waals surface area (Å²) >= 11 is 0. The number of nitrogens with zero attached hydrogens (tertiary/aromatic N) is 1. The molecular weight excluding hydrogens is 248 g/mol. The first-order chi connectivity index (χ1) is 9.74. The number of hydrogen-bond donors (Lipinski definition) is 1. The lowest BCUT2D eigenvalue weighted by Gasteiger charge is -2.27. The van der Waals surface area contributed by atoms with Crippen molar-refractivity contribution in [2.24, 2.45) is 5.92 Å². The highest BCUT2D eigenvalue weighted by atomic mass is 16.2. The molecule has 108 valence electrons. The molecule has 1 saturated carbocycles. The van der Waals surface area contributed by atoms with Gasteiger partial charge in [0, 0.05) is 31.6 Å². The van der Waals surface area contributed by atoms with Gasteiger partial charge in [0.2, 0.25) is 5.91 Å². The second-order valence-corrected chi connectivity index (χ2v) is 6.24. The Labute approximate surface area is 121 Å². The Kier molecular flexibility index (Phi) is 4.06. The van der Waals surface area contributed by atoms with E-state index in [1.807, 2.05) is 4.90 Å². The summed E-state index contributed by atoms with van der Waals surface area (Å²) in [6.07, 6.45) is 4.40. The molecule has 2 atom stereocenters. The summed E-state index contributed by atoms with van der Waals surface area (Å²) in [4.78, 5) is 13.7. The van der Waals surface area contributed by atoms with Crippen molar-refractivity contribution in [3.8, 4) is 0 Å². The molecule has 1 aromatic carbocycles. The Morgan fingerprint density at radius 2 is 2.05 bits per heavy atom. The van der Waals surface area contributed by atoms with Gasteiger partial charge in [-0.15, -0.1) is 0 Å². The fraction of sp³-hybridized carbons (Fsp3) is 0.588. The van der Waals surface area contributed by atoms with Crippen LogP contribution in [-0.4, -0.2) is 29.9 Å². The molecule has 3 heteroatoms. The van der Waals surface area contributed by atoms with Gasteiger partial charge in [0.15, 0.2) is 0 Å². The lowest BCUT2D eigenvalue weighted by molar-refractivity contribution is -0.128. The van der Waals surface area contributed by atoms with Crippen LogP contribution in [0.3, 0.4) is 0 Å². The monoisotopic (exact) mass is 272 g/mol. The molecule has 0 radical (unpaired) electrons. The number of hydrogen-bond acceptors (Lipinski definition) is 2. The van der Waals surface area contributed by atoms with E-state index in [0.717, 1.165) is 31.8 Å². The number of rotatable bonds is 6. The van der Waals surface area contributed by atoms with Crippen LogP contribution in [-0.2, 0) is 4.79 Å². The summed E-state index contributed by atoms with van der Waals surface area (Å²) in [6.45, 7) is 3.98. The number of nitrogens with one attached hydrogen (secondary N) is 1. The predicted octanol–water partition coefficient (Wildman–Crippen LogP) is 2.74. The van der Waals surface area contributed by atoms with Crippen LogP contribution in [0.4, 0.5) is 0 Å². The van der Waals surface area contributed by atoms with E-state index in [4.69, 9.17) is 0 Å². The van der Waals surface area contributed by atoms with E-state index in [0.29, 0.717) is 18.0 Å². The van der Waals surface area contributed by atoms with E-state index in [-0.39, 0.29) is 0 Å². The molecule has 0 aromatic heterocycles. The molecule has 1 aliphatic heterocycles. The molecule has 1 amide bonds. The zero-order valence-electron chi connectivity index (χ0n) is 12.2. The standard InChI is InChI=1S/C17H24N2O/c1-13(12-19-11-5-8-16(19)20)18-17(15-9-10-15)14-6-3-2-4-7-14/h2-4,6-7,13,15,17-18H,5,8-12H2,1H3. The van der Waals surface area contributed by atoms with Crippen molar-refractivity contribution in [3.63, 3.8) is 0 Å². The molecule has 3 rings (SSSR count). The van der Waals surface area contributed by atoms with Gasteiger partial charge in [0.1, 0.15) is 0 Å². The van der Waals surface area contributed by atoms with Gasteiger partial charge >= 0.3 is 0 Å². The molecular formula is C17H24N2O. The molecule has 1 N–H and O–H groups in total. The highest BCUT2D eigenvalue weighted by Gasteiger charge is 2.33. The van der Waals surface area contributed by atoms with Crippen molar-refractivity contribution in [2.75, 3.05) is 13.1 Å². The van der Waals surface area contributed by atoms with E-state index >= 15 is 0 Å². The first-order valence-corrected chi connectivity index (χ1v) is 7.83. The molecule has 2 fully saturated rings. The minimum Gasteiger partial charge on any atom is -0.341 e. The Morgan fingerprint density at radius 1 is 1.30 bits per heavy atom. The largest absolute Gasteiger partial charge is 0.341 e. The zero-order valence-corrected chi connectivity index (χ0v) is 12.2. The van der Waals surface area contributed by atoms with E-state index in [1.54, 1.807) is 0 Å². The van der Waals surface area contributed by atoms with Crippen LogP contribution in [0.1, 0.15) is 44.2 Å². The van der Waals surface area contributed by atoms with Crippen LogP contribution >= 0.6 is 0 Å². The van der Waals surface area contributed by atoms with Gasteiger partial charge in [-0.25, -0.2) is 0 Å². The maximum absolute atomic E-state index is 11.7. The minimum atomic E-state index is 0.321. The average molecular weight is 272 g/mol. The maximum Gasteiger partial charge on any atom is 0.222 e. The quantitative estimate of drug-likeness (QED) is 0.863. The predicted molar refractivity (Wildman–Crippen MR) is 80.3 cm³/mol. The van der Waals surface area contributed by atoms with Crippen molar-refractivity contribution >= 4 is 5.91 Å². The minimum absolute atomic E-state index is 0.321. The molecule has 2 unspecified atom stereocenters. The van der Waals surface area contributed by atoms with E-state index in [9.17, 15) is 4.79 Å². The van der Waals surface area contributed by atoms with E-state index in [2.05, 4.69) is 42.6 Å². The topological polar surface area (TPSA) is 32.3 Å². The molecule has 2 aliphatic rings. The van der Waals surface area contributed by atoms with Gasteiger partial charge in [-0.05, 0) is 37.7 Å². The van der Waals surface area contributed by atoms with Crippen molar-refractivity contribution in [2.45, 2.75) is 44.7 Å². The first-order valence-electron chi connectivity index (χ1n) is 7.83. The molecule has 1 saturated heterocycles. The van der Waals surface area contributed by atoms with Gasteiger partial charge in [0.05, 0.1) is 0 Å². The smallest absolute Gasteiger partial charge is 0.222 e. The number of likely N-dealkylation sites (tertiary alicyclic amines) is 1. The molecule has 1 aromatic rings. The van der Waals surface area contributed by atoms with E-state index < -0.39 is 0 Å². The Balaban J connectivity index is 1.60. The fourth-order valence-corrected chi connectivity index (χ4v) is 3.18. The summed E-state index contributed by atoms with van der Waals surface area (Å²) in [5.41, 5.74) is 1.38. The second-order valence-electron chi connectivity index (χ2n) is 6.24. The maximum atomic E-state index is 11.7. The Morgan fingerprint density at radius 3 is 2.65 bits per heavy atom. The number of benzene rings is 1. The number of amides is 1. The third-order valence-corrected chi connectivity index (χ3v) is 4.38. The summed E-state index contributed by atoms with van der Waals surface area (Å²) < 4.78 is 0. The second kappa shape index (κ2) is 5.96. The molecule has 1 heterocycles. The highest BCUT2D eigenvalue weighted by Crippen LogP contribution is 2.41. The van der Waals surface area contributed by atoms with Crippen molar-refractivity contribution in [1.82, 2.24) is 10.2 Å². The van der Waals surface area contributed by atoms with E-state index in [1.165, 1.54) is 18.4 Å². The fourth-order valence-electron chi connectivity index (χ4n) is 3.18. The van der Waals surface area contributed by atoms with Gasteiger partial charge in [0.25, 0.3) is 0 Å². The molecule has 0 bridgehead atoms. The SMILES string of the molecule is CC(CN1CCCC1=O)NC(c1ccccc1)C1CC1. The van der Waals surface area contributed by atoms with Crippen molar-refractivity contribution < 1.29 is 4.79 Å². The normalized spacial score (nSPS) is 22.1. The van der Waals surface area contributed by atoms with Crippen LogP contribution in [0.15, 0.2) is 30.3 Å². The van der Waals surface area contributed by atoms with Crippen LogP contribution in [0.2, 0.25) is 0 Å². The third-order valence-electron chi connectivity index (χ3n) is 4.38. The van der Waals surface area contributed by atoms with Crippen LogP contribution < -0.4 is 5.32 Å².